The SMILES string of the molecule is O=C(c1ccc2ncn(-c3ccc(-c4cn[nH]c4)cc3)c2c1)N1CCCCC1. The van der Waals surface area contributed by atoms with Gasteiger partial charge in [0.05, 0.1) is 17.2 Å². The molecule has 4 aromatic rings. The highest BCUT2D eigenvalue weighted by Gasteiger charge is 2.19. The second-order valence-electron chi connectivity index (χ2n) is 7.20. The third-order valence-electron chi connectivity index (χ3n) is 5.41. The van der Waals surface area contributed by atoms with Gasteiger partial charge in [0, 0.05) is 36.1 Å². The number of carbonyl (C=O) groups excluding carboxylic acids is 1. The van der Waals surface area contributed by atoms with Crippen molar-refractivity contribution in [1.29, 1.82) is 0 Å². The molecular formula is C22H21N5O. The number of imidazole rings is 1. The van der Waals surface area contributed by atoms with Crippen LogP contribution < -0.4 is 0 Å². The average molecular weight is 371 g/mol. The number of piperidine rings is 1. The molecule has 1 aliphatic rings. The zero-order valence-corrected chi connectivity index (χ0v) is 15.5. The quantitative estimate of drug-likeness (QED) is 0.591. The summed E-state index contributed by atoms with van der Waals surface area (Å²) in [5.74, 6) is 0.115. The van der Waals surface area contributed by atoms with Gasteiger partial charge in [-0.05, 0) is 55.2 Å². The van der Waals surface area contributed by atoms with Gasteiger partial charge in [0.25, 0.3) is 5.91 Å². The van der Waals surface area contributed by atoms with E-state index >= 15 is 0 Å². The molecule has 1 aliphatic heterocycles. The van der Waals surface area contributed by atoms with Gasteiger partial charge in [-0.3, -0.25) is 14.5 Å². The number of likely N-dealkylation sites (tertiary alicyclic amines) is 1. The Balaban J connectivity index is 1.49. The van der Waals surface area contributed by atoms with E-state index in [1.165, 1.54) is 6.42 Å². The highest BCUT2D eigenvalue weighted by atomic mass is 16.2. The Bertz CT molecular complexity index is 1110. The van der Waals surface area contributed by atoms with E-state index in [2.05, 4.69) is 39.4 Å². The molecule has 6 heteroatoms. The van der Waals surface area contributed by atoms with Crippen molar-refractivity contribution >= 4 is 16.9 Å². The van der Waals surface area contributed by atoms with E-state index in [-0.39, 0.29) is 5.91 Å². The molecule has 0 aliphatic carbocycles. The van der Waals surface area contributed by atoms with E-state index in [1.807, 2.05) is 40.2 Å². The van der Waals surface area contributed by atoms with Crippen LogP contribution >= 0.6 is 0 Å². The lowest BCUT2D eigenvalue weighted by Crippen LogP contribution is -2.35. The fraction of sp³-hybridized carbons (Fsp3) is 0.227. The Kier molecular flexibility index (Phi) is 4.16. The van der Waals surface area contributed by atoms with Crippen LogP contribution in [0.15, 0.2) is 61.2 Å². The summed E-state index contributed by atoms with van der Waals surface area (Å²) in [6, 6.07) is 14.0. The third kappa shape index (κ3) is 2.97. The van der Waals surface area contributed by atoms with Crippen molar-refractivity contribution in [3.63, 3.8) is 0 Å². The summed E-state index contributed by atoms with van der Waals surface area (Å²) in [5.41, 5.74) is 5.72. The number of H-pyrrole nitrogens is 1. The van der Waals surface area contributed by atoms with E-state index < -0.39 is 0 Å². The second-order valence-corrected chi connectivity index (χ2v) is 7.20. The highest BCUT2D eigenvalue weighted by Crippen LogP contribution is 2.24. The molecule has 3 heterocycles. The molecule has 0 bridgehead atoms. The van der Waals surface area contributed by atoms with Gasteiger partial charge < -0.3 is 4.90 Å². The number of hydrogen-bond donors (Lipinski definition) is 1. The van der Waals surface area contributed by atoms with Crippen LogP contribution in [0.1, 0.15) is 29.6 Å². The van der Waals surface area contributed by atoms with Gasteiger partial charge in [0.1, 0.15) is 6.33 Å². The molecule has 1 amide bonds. The molecule has 28 heavy (non-hydrogen) atoms. The van der Waals surface area contributed by atoms with Crippen LogP contribution in [0.2, 0.25) is 0 Å². The Morgan fingerprint density at radius 2 is 1.79 bits per heavy atom. The van der Waals surface area contributed by atoms with Gasteiger partial charge in [0.2, 0.25) is 0 Å². The monoisotopic (exact) mass is 371 g/mol. The average Bonchev–Trinajstić information content (AvgIpc) is 3.44. The number of benzene rings is 2. The van der Waals surface area contributed by atoms with Gasteiger partial charge in [-0.2, -0.15) is 5.10 Å². The van der Waals surface area contributed by atoms with Gasteiger partial charge in [0.15, 0.2) is 0 Å². The fourth-order valence-corrected chi connectivity index (χ4v) is 3.85. The number of nitrogens with one attached hydrogen (secondary N) is 1. The first-order valence-corrected chi connectivity index (χ1v) is 9.65. The molecule has 1 fully saturated rings. The van der Waals surface area contributed by atoms with Gasteiger partial charge in [-0.25, -0.2) is 4.98 Å². The van der Waals surface area contributed by atoms with Crippen molar-refractivity contribution < 1.29 is 4.79 Å². The maximum Gasteiger partial charge on any atom is 0.253 e. The number of aromatic nitrogens is 4. The zero-order chi connectivity index (χ0) is 18.9. The minimum Gasteiger partial charge on any atom is -0.339 e. The van der Waals surface area contributed by atoms with E-state index in [9.17, 15) is 4.79 Å². The molecule has 0 unspecified atom stereocenters. The first-order valence-electron chi connectivity index (χ1n) is 9.65. The van der Waals surface area contributed by atoms with Crippen molar-refractivity contribution in [1.82, 2.24) is 24.6 Å². The predicted molar refractivity (Wildman–Crippen MR) is 108 cm³/mol. The number of aromatic amines is 1. The van der Waals surface area contributed by atoms with Crippen LogP contribution in [-0.2, 0) is 0 Å². The van der Waals surface area contributed by atoms with Gasteiger partial charge in [-0.15, -0.1) is 0 Å². The smallest absolute Gasteiger partial charge is 0.253 e. The van der Waals surface area contributed by atoms with Crippen LogP contribution in [0.4, 0.5) is 0 Å². The summed E-state index contributed by atoms with van der Waals surface area (Å²) < 4.78 is 2.03. The molecule has 0 radical (unpaired) electrons. The van der Waals surface area contributed by atoms with Crippen molar-refractivity contribution in [2.24, 2.45) is 0 Å². The largest absolute Gasteiger partial charge is 0.339 e. The lowest BCUT2D eigenvalue weighted by atomic mass is 10.1. The molecule has 0 atom stereocenters. The minimum absolute atomic E-state index is 0.115. The first-order chi connectivity index (χ1) is 13.8. The summed E-state index contributed by atoms with van der Waals surface area (Å²) in [7, 11) is 0. The maximum atomic E-state index is 12.9. The Labute approximate surface area is 162 Å². The second kappa shape index (κ2) is 6.96. The minimum atomic E-state index is 0.115. The van der Waals surface area contributed by atoms with Crippen LogP contribution in [0.3, 0.4) is 0 Å². The van der Waals surface area contributed by atoms with Crippen LogP contribution in [0, 0.1) is 0 Å². The molecule has 0 saturated carbocycles. The fourth-order valence-electron chi connectivity index (χ4n) is 3.85. The van der Waals surface area contributed by atoms with Crippen LogP contribution in [0.25, 0.3) is 27.8 Å². The van der Waals surface area contributed by atoms with Crippen molar-refractivity contribution in [2.75, 3.05) is 13.1 Å². The maximum absolute atomic E-state index is 12.9. The summed E-state index contributed by atoms with van der Waals surface area (Å²) >= 11 is 0. The standard InChI is InChI=1S/C22H21N5O/c28-22(26-10-2-1-3-11-26)17-6-9-20-21(12-17)27(15-23-20)19-7-4-16(5-8-19)18-13-24-25-14-18/h4-9,12-15H,1-3,10-11H2,(H,24,25). The van der Waals surface area contributed by atoms with Crippen molar-refractivity contribution in [3.8, 4) is 16.8 Å². The molecule has 5 rings (SSSR count). The predicted octanol–water partition coefficient (Wildman–Crippen LogP) is 4.04. The van der Waals surface area contributed by atoms with Crippen molar-refractivity contribution in [3.05, 3.63) is 66.7 Å². The number of amides is 1. The third-order valence-corrected chi connectivity index (χ3v) is 5.41. The topological polar surface area (TPSA) is 66.8 Å². The Morgan fingerprint density at radius 3 is 2.54 bits per heavy atom. The number of carbonyl (C=O) groups is 1. The highest BCUT2D eigenvalue weighted by molar-refractivity contribution is 5.97. The molecule has 1 saturated heterocycles. The molecule has 140 valence electrons. The lowest BCUT2D eigenvalue weighted by molar-refractivity contribution is 0.0724. The van der Waals surface area contributed by atoms with Gasteiger partial charge in [-0.1, -0.05) is 12.1 Å². The number of rotatable bonds is 3. The van der Waals surface area contributed by atoms with Crippen LogP contribution in [0.5, 0.6) is 0 Å². The molecule has 2 aromatic carbocycles. The van der Waals surface area contributed by atoms with Gasteiger partial charge >= 0.3 is 0 Å². The molecule has 1 N–H and O–H groups in total. The molecule has 2 aromatic heterocycles. The summed E-state index contributed by atoms with van der Waals surface area (Å²) in [5, 5.41) is 6.84. The molecular weight excluding hydrogens is 350 g/mol. The molecule has 6 nitrogen and oxygen atoms in total. The van der Waals surface area contributed by atoms with E-state index in [1.54, 1.807) is 6.20 Å². The number of hydrogen-bond acceptors (Lipinski definition) is 3. The summed E-state index contributed by atoms with van der Waals surface area (Å²) in [4.78, 5) is 19.3. The normalized spacial score (nSPS) is 14.5. The van der Waals surface area contributed by atoms with E-state index in [4.69, 9.17) is 0 Å². The van der Waals surface area contributed by atoms with E-state index in [0.717, 1.165) is 59.3 Å². The Morgan fingerprint density at radius 1 is 0.964 bits per heavy atom. The van der Waals surface area contributed by atoms with Crippen LogP contribution in [-0.4, -0.2) is 43.6 Å². The number of nitrogens with zero attached hydrogens (tertiary/aromatic N) is 4. The zero-order valence-electron chi connectivity index (χ0n) is 15.5. The van der Waals surface area contributed by atoms with Crippen molar-refractivity contribution in [2.45, 2.75) is 19.3 Å². The molecule has 0 spiro atoms. The Hall–Kier alpha value is -3.41. The summed E-state index contributed by atoms with van der Waals surface area (Å²) in [6.45, 7) is 1.71. The summed E-state index contributed by atoms with van der Waals surface area (Å²) in [6.07, 6.45) is 8.89. The van der Waals surface area contributed by atoms with E-state index in [0.29, 0.717) is 0 Å². The number of fused-ring (bicyclic) bond motifs is 1. The lowest BCUT2D eigenvalue weighted by Gasteiger charge is -2.26. The first kappa shape index (κ1) is 16.7.